The number of para-hydroxylation sites is 1. The lowest BCUT2D eigenvalue weighted by Crippen LogP contribution is -2.01. The van der Waals surface area contributed by atoms with Crippen LogP contribution in [-0.2, 0) is 0 Å². The minimum absolute atomic E-state index is 0.566. The van der Waals surface area contributed by atoms with Crippen molar-refractivity contribution < 1.29 is 4.74 Å². The Labute approximate surface area is 145 Å². The SMILES string of the molecule is N#Cc1ccc(-c2ccccc2)nc1SCCOc1ccccc1. The fourth-order valence-electron chi connectivity index (χ4n) is 2.22. The van der Waals surface area contributed by atoms with Crippen molar-refractivity contribution in [2.45, 2.75) is 5.03 Å². The summed E-state index contributed by atoms with van der Waals surface area (Å²) in [6.07, 6.45) is 0. The lowest BCUT2D eigenvalue weighted by Gasteiger charge is -2.08. The maximum absolute atomic E-state index is 9.28. The van der Waals surface area contributed by atoms with Crippen molar-refractivity contribution in [3.63, 3.8) is 0 Å². The molecule has 1 heterocycles. The van der Waals surface area contributed by atoms with Gasteiger partial charge in [0, 0.05) is 11.3 Å². The fourth-order valence-corrected chi connectivity index (χ4v) is 3.01. The van der Waals surface area contributed by atoms with Gasteiger partial charge in [-0.3, -0.25) is 0 Å². The number of hydrogen-bond donors (Lipinski definition) is 0. The maximum Gasteiger partial charge on any atom is 0.119 e. The predicted octanol–water partition coefficient (Wildman–Crippen LogP) is 4.79. The number of pyridine rings is 1. The van der Waals surface area contributed by atoms with Crippen LogP contribution < -0.4 is 4.74 Å². The number of nitriles is 1. The van der Waals surface area contributed by atoms with Gasteiger partial charge in [-0.15, -0.1) is 11.8 Å². The van der Waals surface area contributed by atoms with Gasteiger partial charge in [0.15, 0.2) is 0 Å². The van der Waals surface area contributed by atoms with Crippen LogP contribution in [0.5, 0.6) is 5.75 Å². The molecule has 0 N–H and O–H groups in total. The first-order valence-electron chi connectivity index (χ1n) is 7.64. The first-order chi connectivity index (χ1) is 11.9. The first-order valence-corrected chi connectivity index (χ1v) is 8.62. The van der Waals surface area contributed by atoms with Crippen LogP contribution in [0.15, 0.2) is 77.8 Å². The second-order valence-corrected chi connectivity index (χ2v) is 6.12. The predicted molar refractivity (Wildman–Crippen MR) is 97.0 cm³/mol. The summed E-state index contributed by atoms with van der Waals surface area (Å²) in [7, 11) is 0. The molecule has 3 nitrogen and oxygen atoms in total. The van der Waals surface area contributed by atoms with E-state index in [0.717, 1.165) is 27.8 Å². The Balaban J connectivity index is 1.67. The van der Waals surface area contributed by atoms with Crippen molar-refractivity contribution in [1.29, 1.82) is 5.26 Å². The molecule has 3 rings (SSSR count). The minimum Gasteiger partial charge on any atom is -0.493 e. The monoisotopic (exact) mass is 332 g/mol. The standard InChI is InChI=1S/C20H16N2OS/c21-15-17-11-12-19(16-7-3-1-4-8-16)22-20(17)24-14-13-23-18-9-5-2-6-10-18/h1-12H,13-14H2. The van der Waals surface area contributed by atoms with Gasteiger partial charge < -0.3 is 4.74 Å². The molecule has 0 unspecified atom stereocenters. The molecule has 0 saturated carbocycles. The minimum atomic E-state index is 0.566. The molecule has 1 aromatic heterocycles. The van der Waals surface area contributed by atoms with Crippen LogP contribution in [0.4, 0.5) is 0 Å². The van der Waals surface area contributed by atoms with Gasteiger partial charge >= 0.3 is 0 Å². The summed E-state index contributed by atoms with van der Waals surface area (Å²) in [5, 5.41) is 10.0. The Hall–Kier alpha value is -2.77. The van der Waals surface area contributed by atoms with E-state index in [1.165, 1.54) is 0 Å². The van der Waals surface area contributed by atoms with Gasteiger partial charge in [0.25, 0.3) is 0 Å². The van der Waals surface area contributed by atoms with Gasteiger partial charge in [-0.05, 0) is 24.3 Å². The van der Waals surface area contributed by atoms with Gasteiger partial charge in [-0.1, -0.05) is 48.5 Å². The lowest BCUT2D eigenvalue weighted by atomic mass is 10.1. The largest absolute Gasteiger partial charge is 0.493 e. The quantitative estimate of drug-likeness (QED) is 0.481. The van der Waals surface area contributed by atoms with Gasteiger partial charge in [-0.25, -0.2) is 4.98 Å². The van der Waals surface area contributed by atoms with Gasteiger partial charge in [0.1, 0.15) is 16.8 Å². The number of ether oxygens (including phenoxy) is 1. The molecule has 0 aliphatic carbocycles. The first kappa shape index (κ1) is 16.1. The Morgan fingerprint density at radius 3 is 2.33 bits per heavy atom. The summed E-state index contributed by atoms with van der Waals surface area (Å²) in [4.78, 5) is 4.64. The highest BCUT2D eigenvalue weighted by molar-refractivity contribution is 7.99. The van der Waals surface area contributed by atoms with Crippen LogP contribution in [0.25, 0.3) is 11.3 Å². The van der Waals surface area contributed by atoms with E-state index in [1.54, 1.807) is 11.8 Å². The van der Waals surface area contributed by atoms with E-state index < -0.39 is 0 Å². The molecular formula is C20H16N2OS. The van der Waals surface area contributed by atoms with E-state index in [1.807, 2.05) is 72.8 Å². The highest BCUT2D eigenvalue weighted by Crippen LogP contribution is 2.25. The third-order valence-corrected chi connectivity index (χ3v) is 4.34. The van der Waals surface area contributed by atoms with E-state index >= 15 is 0 Å². The Kier molecular flexibility index (Phi) is 5.49. The third-order valence-electron chi connectivity index (χ3n) is 3.38. The molecule has 0 spiro atoms. The molecule has 118 valence electrons. The molecule has 0 aliphatic rings. The van der Waals surface area contributed by atoms with E-state index in [4.69, 9.17) is 4.74 Å². The molecule has 0 fully saturated rings. The van der Waals surface area contributed by atoms with Crippen molar-refractivity contribution in [2.75, 3.05) is 12.4 Å². The molecule has 3 aromatic rings. The summed E-state index contributed by atoms with van der Waals surface area (Å²) in [5.74, 6) is 1.58. The van der Waals surface area contributed by atoms with Crippen molar-refractivity contribution in [3.05, 3.63) is 78.4 Å². The van der Waals surface area contributed by atoms with Crippen LogP contribution in [-0.4, -0.2) is 17.3 Å². The van der Waals surface area contributed by atoms with Crippen LogP contribution in [0.1, 0.15) is 5.56 Å². The number of rotatable bonds is 6. The topological polar surface area (TPSA) is 45.9 Å². The molecule has 0 bridgehead atoms. The van der Waals surface area contributed by atoms with E-state index in [2.05, 4.69) is 11.1 Å². The fraction of sp³-hybridized carbons (Fsp3) is 0.100. The second-order valence-electron chi connectivity index (χ2n) is 5.04. The summed E-state index contributed by atoms with van der Waals surface area (Å²) in [6.45, 7) is 0.566. The Morgan fingerprint density at radius 1 is 0.917 bits per heavy atom. The molecule has 2 aromatic carbocycles. The van der Waals surface area contributed by atoms with Crippen LogP contribution in [0.3, 0.4) is 0 Å². The van der Waals surface area contributed by atoms with Gasteiger partial charge in [-0.2, -0.15) is 5.26 Å². The van der Waals surface area contributed by atoms with E-state index in [9.17, 15) is 5.26 Å². The number of aromatic nitrogens is 1. The summed E-state index contributed by atoms with van der Waals surface area (Å²) in [5.41, 5.74) is 2.52. The summed E-state index contributed by atoms with van der Waals surface area (Å²) >= 11 is 1.54. The Morgan fingerprint density at radius 2 is 1.62 bits per heavy atom. The van der Waals surface area contributed by atoms with Crippen LogP contribution in [0.2, 0.25) is 0 Å². The molecule has 0 aliphatic heterocycles. The zero-order chi connectivity index (χ0) is 16.6. The van der Waals surface area contributed by atoms with Crippen molar-refractivity contribution in [2.24, 2.45) is 0 Å². The third kappa shape index (κ3) is 4.15. The van der Waals surface area contributed by atoms with Crippen molar-refractivity contribution in [3.8, 4) is 23.1 Å². The highest BCUT2D eigenvalue weighted by Gasteiger charge is 2.08. The lowest BCUT2D eigenvalue weighted by molar-refractivity contribution is 0.344. The molecule has 0 saturated heterocycles. The zero-order valence-corrected chi connectivity index (χ0v) is 13.9. The molecule has 0 radical (unpaired) electrons. The summed E-state index contributed by atoms with van der Waals surface area (Å²) in [6, 6.07) is 25.6. The van der Waals surface area contributed by atoms with Crippen molar-refractivity contribution in [1.82, 2.24) is 4.98 Å². The normalized spacial score (nSPS) is 10.1. The smallest absolute Gasteiger partial charge is 0.119 e. The van der Waals surface area contributed by atoms with Crippen LogP contribution >= 0.6 is 11.8 Å². The van der Waals surface area contributed by atoms with E-state index in [-0.39, 0.29) is 0 Å². The number of nitrogens with zero attached hydrogens (tertiary/aromatic N) is 2. The average Bonchev–Trinajstić information content (AvgIpc) is 2.66. The number of benzene rings is 2. The maximum atomic E-state index is 9.28. The highest BCUT2D eigenvalue weighted by atomic mass is 32.2. The van der Waals surface area contributed by atoms with Gasteiger partial charge in [0.05, 0.1) is 17.9 Å². The molecular weight excluding hydrogens is 316 g/mol. The number of thioether (sulfide) groups is 1. The Bertz CT molecular complexity index is 829. The summed E-state index contributed by atoms with van der Waals surface area (Å²) < 4.78 is 5.68. The molecule has 24 heavy (non-hydrogen) atoms. The van der Waals surface area contributed by atoms with E-state index in [0.29, 0.717) is 12.2 Å². The van der Waals surface area contributed by atoms with Gasteiger partial charge in [0.2, 0.25) is 0 Å². The second kappa shape index (κ2) is 8.19. The van der Waals surface area contributed by atoms with Crippen LogP contribution in [0, 0.1) is 11.3 Å². The zero-order valence-electron chi connectivity index (χ0n) is 13.1. The average molecular weight is 332 g/mol. The van der Waals surface area contributed by atoms with Crippen molar-refractivity contribution >= 4 is 11.8 Å². The number of hydrogen-bond acceptors (Lipinski definition) is 4. The molecule has 0 amide bonds. The molecule has 0 atom stereocenters. The molecule has 4 heteroatoms.